The molecule has 5 nitrogen and oxygen atoms in total. The second kappa shape index (κ2) is 6.12. The van der Waals surface area contributed by atoms with Crippen LogP contribution >= 0.6 is 0 Å². The third kappa shape index (κ3) is 3.75. The predicted molar refractivity (Wildman–Crippen MR) is 75.3 cm³/mol. The highest BCUT2D eigenvalue weighted by atomic mass is 16.6. The average Bonchev–Trinajstić information content (AvgIpc) is 2.38. The lowest BCUT2D eigenvalue weighted by atomic mass is 10.1. The summed E-state index contributed by atoms with van der Waals surface area (Å²) in [6, 6.07) is 7.47. The number of nitro benzene ring substituents is 1. The molecule has 1 aromatic carbocycles. The highest BCUT2D eigenvalue weighted by Crippen LogP contribution is 2.14. The van der Waals surface area contributed by atoms with E-state index in [1.54, 1.807) is 12.1 Å². The lowest BCUT2D eigenvalue weighted by Crippen LogP contribution is -2.50. The van der Waals surface area contributed by atoms with Crippen LogP contribution in [0.15, 0.2) is 24.3 Å². The van der Waals surface area contributed by atoms with E-state index in [2.05, 4.69) is 23.8 Å². The molecule has 0 spiro atoms. The Labute approximate surface area is 114 Å². The molecule has 1 aromatic rings. The molecule has 1 aliphatic rings. The van der Waals surface area contributed by atoms with Gasteiger partial charge in [0, 0.05) is 44.4 Å². The van der Waals surface area contributed by atoms with Crippen molar-refractivity contribution < 1.29 is 4.92 Å². The molecule has 1 aliphatic heterocycles. The van der Waals surface area contributed by atoms with Crippen molar-refractivity contribution in [3.05, 3.63) is 39.9 Å². The van der Waals surface area contributed by atoms with Gasteiger partial charge in [-0.25, -0.2) is 0 Å². The molecular formula is C14H21N3O2. The van der Waals surface area contributed by atoms with E-state index in [-0.39, 0.29) is 10.6 Å². The zero-order valence-corrected chi connectivity index (χ0v) is 11.6. The molecule has 104 valence electrons. The van der Waals surface area contributed by atoms with Gasteiger partial charge >= 0.3 is 0 Å². The maximum atomic E-state index is 10.6. The summed E-state index contributed by atoms with van der Waals surface area (Å²) < 4.78 is 0. The number of hydrogen-bond acceptors (Lipinski definition) is 4. The summed E-state index contributed by atoms with van der Waals surface area (Å²) in [7, 11) is 2.16. The van der Waals surface area contributed by atoms with Crippen LogP contribution in [0.2, 0.25) is 0 Å². The fraction of sp³-hybridized carbons (Fsp3) is 0.571. The molecule has 0 unspecified atom stereocenters. The molecule has 0 aromatic heterocycles. The van der Waals surface area contributed by atoms with Gasteiger partial charge < -0.3 is 4.90 Å². The fourth-order valence-corrected chi connectivity index (χ4v) is 2.57. The first kappa shape index (κ1) is 14.0. The third-order valence-corrected chi connectivity index (χ3v) is 3.80. The number of nitro groups is 1. The number of benzene rings is 1. The summed E-state index contributed by atoms with van der Waals surface area (Å²) in [5, 5.41) is 10.6. The van der Waals surface area contributed by atoms with E-state index in [0.29, 0.717) is 6.04 Å². The zero-order valence-electron chi connectivity index (χ0n) is 11.6. The normalized spacial score (nSPS) is 21.5. The highest BCUT2D eigenvalue weighted by molar-refractivity contribution is 5.32. The molecule has 1 fully saturated rings. The lowest BCUT2D eigenvalue weighted by molar-refractivity contribution is -0.384. The summed E-state index contributed by atoms with van der Waals surface area (Å²) in [6.45, 7) is 6.60. The number of non-ortho nitro benzene ring substituents is 1. The van der Waals surface area contributed by atoms with Crippen molar-refractivity contribution in [1.82, 2.24) is 9.80 Å². The Bertz CT molecular complexity index is 433. The van der Waals surface area contributed by atoms with Crippen molar-refractivity contribution in [2.24, 2.45) is 0 Å². The quantitative estimate of drug-likeness (QED) is 0.613. The SMILES string of the molecule is C[C@H]1CN(C)CCN1CCc1ccc([N+](=O)[O-])cc1. The number of nitrogens with zero attached hydrogens (tertiary/aromatic N) is 3. The minimum atomic E-state index is -0.355. The van der Waals surface area contributed by atoms with Crippen LogP contribution in [0.3, 0.4) is 0 Å². The molecule has 1 atom stereocenters. The van der Waals surface area contributed by atoms with Crippen molar-refractivity contribution >= 4 is 5.69 Å². The molecular weight excluding hydrogens is 242 g/mol. The van der Waals surface area contributed by atoms with Gasteiger partial charge in [-0.3, -0.25) is 15.0 Å². The monoisotopic (exact) mass is 263 g/mol. The van der Waals surface area contributed by atoms with Crippen molar-refractivity contribution in [3.8, 4) is 0 Å². The summed E-state index contributed by atoms with van der Waals surface area (Å²) in [5.74, 6) is 0. The van der Waals surface area contributed by atoms with Gasteiger partial charge in [0.2, 0.25) is 0 Å². The molecule has 0 saturated carbocycles. The van der Waals surface area contributed by atoms with E-state index in [1.165, 1.54) is 0 Å². The smallest absolute Gasteiger partial charge is 0.269 e. The Kier molecular flexibility index (Phi) is 4.50. The molecule has 0 amide bonds. The topological polar surface area (TPSA) is 49.6 Å². The standard InChI is InChI=1S/C14H21N3O2/c1-12-11-15(2)9-10-16(12)8-7-13-3-5-14(6-4-13)17(18)19/h3-6,12H,7-11H2,1-2H3/t12-/m0/s1. The maximum absolute atomic E-state index is 10.6. The Morgan fingerprint density at radius 2 is 2.00 bits per heavy atom. The van der Waals surface area contributed by atoms with Crippen molar-refractivity contribution in [1.29, 1.82) is 0 Å². The fourth-order valence-electron chi connectivity index (χ4n) is 2.57. The van der Waals surface area contributed by atoms with Crippen LogP contribution in [-0.2, 0) is 6.42 Å². The van der Waals surface area contributed by atoms with Crippen LogP contribution in [0.4, 0.5) is 5.69 Å². The minimum absolute atomic E-state index is 0.164. The molecule has 0 bridgehead atoms. The maximum Gasteiger partial charge on any atom is 0.269 e. The van der Waals surface area contributed by atoms with E-state index in [4.69, 9.17) is 0 Å². The summed E-state index contributed by atoms with van der Waals surface area (Å²) in [5.41, 5.74) is 1.33. The minimum Gasteiger partial charge on any atom is -0.304 e. The van der Waals surface area contributed by atoms with Crippen LogP contribution < -0.4 is 0 Å². The molecule has 0 radical (unpaired) electrons. The summed E-state index contributed by atoms with van der Waals surface area (Å²) >= 11 is 0. The molecule has 0 N–H and O–H groups in total. The third-order valence-electron chi connectivity index (χ3n) is 3.80. The Morgan fingerprint density at radius 1 is 1.32 bits per heavy atom. The van der Waals surface area contributed by atoms with Gasteiger partial charge in [-0.1, -0.05) is 12.1 Å². The van der Waals surface area contributed by atoms with Gasteiger partial charge in [0.15, 0.2) is 0 Å². The van der Waals surface area contributed by atoms with E-state index in [1.807, 2.05) is 12.1 Å². The van der Waals surface area contributed by atoms with Gasteiger partial charge in [0.25, 0.3) is 5.69 Å². The van der Waals surface area contributed by atoms with Crippen molar-refractivity contribution in [2.45, 2.75) is 19.4 Å². The molecule has 1 saturated heterocycles. The second-order valence-electron chi connectivity index (χ2n) is 5.32. The number of rotatable bonds is 4. The molecule has 19 heavy (non-hydrogen) atoms. The van der Waals surface area contributed by atoms with Gasteiger partial charge in [-0.15, -0.1) is 0 Å². The van der Waals surface area contributed by atoms with E-state index in [0.717, 1.165) is 38.2 Å². The van der Waals surface area contributed by atoms with Crippen LogP contribution in [0, 0.1) is 10.1 Å². The van der Waals surface area contributed by atoms with Gasteiger partial charge in [-0.2, -0.15) is 0 Å². The largest absolute Gasteiger partial charge is 0.304 e. The molecule has 2 rings (SSSR count). The highest BCUT2D eigenvalue weighted by Gasteiger charge is 2.20. The first-order valence-corrected chi connectivity index (χ1v) is 6.72. The summed E-state index contributed by atoms with van der Waals surface area (Å²) in [4.78, 5) is 15.1. The van der Waals surface area contributed by atoms with E-state index in [9.17, 15) is 10.1 Å². The summed E-state index contributed by atoms with van der Waals surface area (Å²) in [6.07, 6.45) is 0.950. The van der Waals surface area contributed by atoms with Crippen LogP contribution in [0.5, 0.6) is 0 Å². The first-order valence-electron chi connectivity index (χ1n) is 6.72. The zero-order chi connectivity index (χ0) is 13.8. The Balaban J connectivity index is 1.86. The number of hydrogen-bond donors (Lipinski definition) is 0. The first-order chi connectivity index (χ1) is 9.06. The Morgan fingerprint density at radius 3 is 2.58 bits per heavy atom. The molecule has 5 heteroatoms. The van der Waals surface area contributed by atoms with Gasteiger partial charge in [0.05, 0.1) is 4.92 Å². The predicted octanol–water partition coefficient (Wildman–Crippen LogP) is 1.77. The second-order valence-corrected chi connectivity index (χ2v) is 5.32. The van der Waals surface area contributed by atoms with Crippen molar-refractivity contribution in [2.75, 3.05) is 33.2 Å². The van der Waals surface area contributed by atoms with Gasteiger partial charge in [0.1, 0.15) is 0 Å². The van der Waals surface area contributed by atoms with E-state index >= 15 is 0 Å². The number of piperazine rings is 1. The number of likely N-dealkylation sites (N-methyl/N-ethyl adjacent to an activating group) is 1. The molecule has 1 heterocycles. The van der Waals surface area contributed by atoms with Gasteiger partial charge in [-0.05, 0) is 26.0 Å². The van der Waals surface area contributed by atoms with Crippen molar-refractivity contribution in [3.63, 3.8) is 0 Å². The van der Waals surface area contributed by atoms with Crippen LogP contribution in [-0.4, -0.2) is 54.0 Å². The average molecular weight is 263 g/mol. The van der Waals surface area contributed by atoms with Crippen LogP contribution in [0.25, 0.3) is 0 Å². The van der Waals surface area contributed by atoms with Crippen LogP contribution in [0.1, 0.15) is 12.5 Å². The van der Waals surface area contributed by atoms with E-state index < -0.39 is 0 Å². The molecule has 0 aliphatic carbocycles. The Hall–Kier alpha value is -1.46. The lowest BCUT2D eigenvalue weighted by Gasteiger charge is -2.38.